The van der Waals surface area contributed by atoms with Crippen molar-refractivity contribution in [2.75, 3.05) is 5.75 Å². The summed E-state index contributed by atoms with van der Waals surface area (Å²) in [5.41, 5.74) is 2.13. The molecule has 0 unspecified atom stereocenters. The first kappa shape index (κ1) is 23.9. The summed E-state index contributed by atoms with van der Waals surface area (Å²) >= 11 is 1.42. The second-order valence-electron chi connectivity index (χ2n) is 8.19. The van der Waals surface area contributed by atoms with E-state index in [1.165, 1.54) is 11.3 Å². The molecule has 3 aromatic heterocycles. The van der Waals surface area contributed by atoms with Gasteiger partial charge in [-0.25, -0.2) is 14.3 Å². The molecule has 0 spiro atoms. The molecular weight excluding hydrogens is 500 g/mol. The standard InChI is InChI=1S/C26H20N2O6S2/c29-22-9-7-18-16-20(25-27-21-4-1-2-5-23(21)35-25)26(30)34-24(18)19(22)8-6-17-10-13-28(14-11-17)12-3-15-36(31,32)33/h1-2,4-11,13-14,16H,3,12,15H2,(H,31,32,33)/p+1. The molecule has 0 radical (unpaired) electrons. The number of para-hydroxylation sites is 1. The predicted molar refractivity (Wildman–Crippen MR) is 139 cm³/mol. The third-order valence-corrected chi connectivity index (χ3v) is 7.49. The van der Waals surface area contributed by atoms with E-state index in [1.807, 2.05) is 36.4 Å². The zero-order valence-corrected chi connectivity index (χ0v) is 20.5. The van der Waals surface area contributed by atoms with Gasteiger partial charge in [0.15, 0.2) is 12.4 Å². The lowest BCUT2D eigenvalue weighted by molar-refractivity contribution is -0.696. The highest BCUT2D eigenvalue weighted by molar-refractivity contribution is 7.85. The van der Waals surface area contributed by atoms with Crippen LogP contribution in [0, 0.1) is 0 Å². The third kappa shape index (κ3) is 5.20. The molecule has 36 heavy (non-hydrogen) atoms. The van der Waals surface area contributed by atoms with E-state index in [1.54, 1.807) is 47.3 Å². The van der Waals surface area contributed by atoms with Crippen molar-refractivity contribution in [3.05, 3.63) is 88.5 Å². The highest BCUT2D eigenvalue weighted by Gasteiger charge is 2.15. The van der Waals surface area contributed by atoms with Gasteiger partial charge in [-0.3, -0.25) is 4.55 Å². The molecule has 2 aromatic carbocycles. The summed E-state index contributed by atoms with van der Waals surface area (Å²) in [6.07, 6.45) is 7.32. The fraction of sp³-hybridized carbons (Fsp3) is 0.115. The van der Waals surface area contributed by atoms with E-state index >= 15 is 0 Å². The quantitative estimate of drug-likeness (QED) is 0.184. The Morgan fingerprint density at radius 2 is 1.83 bits per heavy atom. The number of aromatic nitrogens is 2. The number of benzene rings is 2. The summed E-state index contributed by atoms with van der Waals surface area (Å²) in [6.45, 7) is 0.441. The Morgan fingerprint density at radius 3 is 2.58 bits per heavy atom. The molecule has 0 bridgehead atoms. The molecule has 0 saturated carbocycles. The minimum absolute atomic E-state index is 0.0224. The van der Waals surface area contributed by atoms with E-state index < -0.39 is 15.7 Å². The summed E-state index contributed by atoms with van der Waals surface area (Å²) in [5, 5.41) is 11.7. The van der Waals surface area contributed by atoms with E-state index in [0.29, 0.717) is 34.5 Å². The maximum atomic E-state index is 12.9. The van der Waals surface area contributed by atoms with E-state index in [9.17, 15) is 18.3 Å². The van der Waals surface area contributed by atoms with Gasteiger partial charge in [-0.2, -0.15) is 8.42 Å². The number of nitrogens with zero attached hydrogens (tertiary/aromatic N) is 2. The number of hydrogen-bond donors (Lipinski definition) is 2. The average molecular weight is 522 g/mol. The van der Waals surface area contributed by atoms with Gasteiger partial charge in [0.25, 0.3) is 10.1 Å². The van der Waals surface area contributed by atoms with Crippen molar-refractivity contribution in [1.82, 2.24) is 4.98 Å². The van der Waals surface area contributed by atoms with Crippen molar-refractivity contribution >= 4 is 54.8 Å². The van der Waals surface area contributed by atoms with Crippen LogP contribution in [0.3, 0.4) is 0 Å². The highest BCUT2D eigenvalue weighted by atomic mass is 32.2. The van der Waals surface area contributed by atoms with Crippen LogP contribution in [0.1, 0.15) is 17.5 Å². The van der Waals surface area contributed by atoms with Crippen LogP contribution in [0.5, 0.6) is 5.75 Å². The molecule has 10 heteroatoms. The highest BCUT2D eigenvalue weighted by Crippen LogP contribution is 2.33. The number of rotatable bonds is 7. The monoisotopic (exact) mass is 521 g/mol. The normalized spacial score (nSPS) is 12.1. The Morgan fingerprint density at radius 1 is 1.06 bits per heavy atom. The van der Waals surface area contributed by atoms with Crippen LogP contribution in [0.15, 0.2) is 76.2 Å². The summed E-state index contributed by atoms with van der Waals surface area (Å²) in [7, 11) is -3.97. The zero-order valence-electron chi connectivity index (χ0n) is 18.9. The lowest BCUT2D eigenvalue weighted by Crippen LogP contribution is -2.33. The van der Waals surface area contributed by atoms with Crippen molar-refractivity contribution in [3.8, 4) is 16.3 Å². The van der Waals surface area contributed by atoms with Gasteiger partial charge in [0.2, 0.25) is 0 Å². The topological polar surface area (TPSA) is 122 Å². The van der Waals surface area contributed by atoms with Gasteiger partial charge < -0.3 is 9.52 Å². The number of hydrogen-bond acceptors (Lipinski definition) is 7. The van der Waals surface area contributed by atoms with Crippen molar-refractivity contribution in [2.24, 2.45) is 0 Å². The summed E-state index contributed by atoms with van der Waals surface area (Å²) in [5.74, 6) is -0.320. The lowest BCUT2D eigenvalue weighted by atomic mass is 10.1. The average Bonchev–Trinajstić information content (AvgIpc) is 3.27. The lowest BCUT2D eigenvalue weighted by Gasteiger charge is -2.05. The molecule has 2 N–H and O–H groups in total. The molecule has 5 rings (SSSR count). The fourth-order valence-electron chi connectivity index (χ4n) is 3.83. The summed E-state index contributed by atoms with van der Waals surface area (Å²) in [6, 6.07) is 16.3. The Kier molecular flexibility index (Phi) is 6.40. The molecule has 0 aliphatic rings. The Hall–Kier alpha value is -3.86. The first-order valence-electron chi connectivity index (χ1n) is 11.0. The van der Waals surface area contributed by atoms with Crippen molar-refractivity contribution < 1.29 is 27.1 Å². The van der Waals surface area contributed by atoms with Gasteiger partial charge in [-0.1, -0.05) is 18.2 Å². The molecule has 0 aliphatic carbocycles. The van der Waals surface area contributed by atoms with Gasteiger partial charge in [0.05, 0.1) is 27.1 Å². The van der Waals surface area contributed by atoms with Crippen LogP contribution >= 0.6 is 11.3 Å². The van der Waals surface area contributed by atoms with Crippen molar-refractivity contribution in [3.63, 3.8) is 0 Å². The molecule has 8 nitrogen and oxygen atoms in total. The second-order valence-corrected chi connectivity index (χ2v) is 10.8. The summed E-state index contributed by atoms with van der Waals surface area (Å²) < 4.78 is 39.0. The molecule has 0 saturated heterocycles. The van der Waals surface area contributed by atoms with E-state index in [-0.39, 0.29) is 17.1 Å². The van der Waals surface area contributed by atoms with Crippen LogP contribution in [0.4, 0.5) is 0 Å². The number of aromatic hydroxyl groups is 1. The Labute approximate surface area is 210 Å². The van der Waals surface area contributed by atoms with Crippen LogP contribution in [-0.2, 0) is 16.7 Å². The summed E-state index contributed by atoms with van der Waals surface area (Å²) in [4.78, 5) is 17.4. The maximum absolute atomic E-state index is 12.9. The third-order valence-electron chi connectivity index (χ3n) is 5.62. The molecule has 0 atom stereocenters. The van der Waals surface area contributed by atoms with Crippen molar-refractivity contribution in [1.29, 1.82) is 0 Å². The Bertz CT molecular complexity index is 1740. The number of phenols is 1. The van der Waals surface area contributed by atoms with E-state index in [2.05, 4.69) is 4.98 Å². The number of phenolic OH excluding ortho intramolecular Hbond substituents is 1. The molecule has 182 valence electrons. The molecule has 3 heterocycles. The smallest absolute Gasteiger partial charge is 0.346 e. The zero-order chi connectivity index (χ0) is 25.3. The minimum atomic E-state index is -3.97. The van der Waals surface area contributed by atoms with Gasteiger partial charge in [0, 0.05) is 23.9 Å². The number of thiazole rings is 1. The largest absolute Gasteiger partial charge is 0.507 e. The van der Waals surface area contributed by atoms with Gasteiger partial charge in [-0.05, 0) is 42.0 Å². The fourth-order valence-corrected chi connectivity index (χ4v) is 5.29. The number of pyridine rings is 1. The van der Waals surface area contributed by atoms with Crippen molar-refractivity contribution in [2.45, 2.75) is 13.0 Å². The van der Waals surface area contributed by atoms with E-state index in [4.69, 9.17) is 8.97 Å². The molecule has 5 aromatic rings. The Balaban J connectivity index is 1.43. The number of aryl methyl sites for hydroxylation is 1. The van der Waals surface area contributed by atoms with Gasteiger partial charge in [0.1, 0.15) is 22.9 Å². The second kappa shape index (κ2) is 9.65. The SMILES string of the molecule is O=c1oc2c(C=Cc3cc[n+](CCCS(=O)(=O)O)cc3)c(O)ccc2cc1-c1nc2ccccc2s1. The predicted octanol–water partition coefficient (Wildman–Crippen LogP) is 4.51. The van der Waals surface area contributed by atoms with Crippen LogP contribution < -0.4 is 10.2 Å². The molecular formula is C26H21N2O6S2+. The first-order chi connectivity index (χ1) is 17.3. The maximum Gasteiger partial charge on any atom is 0.346 e. The van der Waals surface area contributed by atoms with Crippen LogP contribution in [0.25, 0.3) is 43.9 Å². The van der Waals surface area contributed by atoms with Gasteiger partial charge >= 0.3 is 5.63 Å². The van der Waals surface area contributed by atoms with Crippen LogP contribution in [0.2, 0.25) is 0 Å². The molecule has 0 aliphatic heterocycles. The molecule has 0 amide bonds. The minimum Gasteiger partial charge on any atom is -0.507 e. The van der Waals surface area contributed by atoms with E-state index in [0.717, 1.165) is 15.8 Å². The number of fused-ring (bicyclic) bond motifs is 2. The first-order valence-corrected chi connectivity index (χ1v) is 13.5. The molecule has 0 fully saturated rings. The van der Waals surface area contributed by atoms with Gasteiger partial charge in [-0.15, -0.1) is 11.3 Å². The van der Waals surface area contributed by atoms with Crippen LogP contribution in [-0.4, -0.2) is 28.8 Å².